The van der Waals surface area contributed by atoms with Gasteiger partial charge in [0.1, 0.15) is 0 Å². The Labute approximate surface area is 91.5 Å². The summed E-state index contributed by atoms with van der Waals surface area (Å²) in [4.78, 5) is 11.9. The fourth-order valence-electron chi connectivity index (χ4n) is 1.72. The van der Waals surface area contributed by atoms with Crippen LogP contribution in [0, 0.1) is 5.92 Å². The predicted octanol–water partition coefficient (Wildman–Crippen LogP) is 3.58. The first-order valence-corrected chi connectivity index (χ1v) is 5.63. The highest BCUT2D eigenvalue weighted by atomic mass is 16.1. The molecule has 0 bridgehead atoms. The summed E-state index contributed by atoms with van der Waals surface area (Å²) in [6.07, 6.45) is 2.16. The van der Waals surface area contributed by atoms with E-state index in [1.165, 1.54) is 5.56 Å². The Morgan fingerprint density at radius 3 is 2.47 bits per heavy atom. The molecule has 0 aromatic heterocycles. The van der Waals surface area contributed by atoms with Crippen molar-refractivity contribution in [1.29, 1.82) is 0 Å². The first kappa shape index (κ1) is 10.4. The van der Waals surface area contributed by atoms with Crippen LogP contribution in [-0.2, 0) is 5.41 Å². The van der Waals surface area contributed by atoms with Crippen LogP contribution in [0.5, 0.6) is 0 Å². The zero-order chi connectivity index (χ0) is 11.1. The third-order valence-corrected chi connectivity index (χ3v) is 2.96. The van der Waals surface area contributed by atoms with Crippen LogP contribution in [0.1, 0.15) is 49.5 Å². The van der Waals surface area contributed by atoms with Gasteiger partial charge < -0.3 is 0 Å². The molecular weight excluding hydrogens is 184 g/mol. The average Bonchev–Trinajstić information content (AvgIpc) is 2.99. The Morgan fingerprint density at radius 1 is 1.27 bits per heavy atom. The SMILES string of the molecule is CC(C)(C)c1cccc(C(=O)C2CC2)c1. The maximum absolute atomic E-state index is 11.9. The molecule has 0 aliphatic heterocycles. The fraction of sp³-hybridized carbons (Fsp3) is 0.500. The van der Waals surface area contributed by atoms with Crippen molar-refractivity contribution in [2.45, 2.75) is 39.0 Å². The molecule has 15 heavy (non-hydrogen) atoms. The molecule has 0 saturated heterocycles. The summed E-state index contributed by atoms with van der Waals surface area (Å²) in [7, 11) is 0. The molecule has 80 valence electrons. The third kappa shape index (κ3) is 2.28. The fourth-order valence-corrected chi connectivity index (χ4v) is 1.72. The van der Waals surface area contributed by atoms with Gasteiger partial charge in [-0.15, -0.1) is 0 Å². The quantitative estimate of drug-likeness (QED) is 0.670. The van der Waals surface area contributed by atoms with Crippen molar-refractivity contribution >= 4 is 5.78 Å². The number of hydrogen-bond donors (Lipinski definition) is 0. The molecule has 1 aliphatic carbocycles. The number of rotatable bonds is 2. The molecule has 1 nitrogen and oxygen atoms in total. The molecule has 0 atom stereocenters. The van der Waals surface area contributed by atoms with Crippen LogP contribution in [0.25, 0.3) is 0 Å². The lowest BCUT2D eigenvalue weighted by Gasteiger charge is -2.19. The van der Waals surface area contributed by atoms with Crippen molar-refractivity contribution in [1.82, 2.24) is 0 Å². The lowest BCUT2D eigenvalue weighted by molar-refractivity contribution is 0.0967. The zero-order valence-electron chi connectivity index (χ0n) is 9.71. The maximum atomic E-state index is 11.9. The largest absolute Gasteiger partial charge is 0.294 e. The third-order valence-electron chi connectivity index (χ3n) is 2.96. The van der Waals surface area contributed by atoms with Crippen LogP contribution < -0.4 is 0 Å². The molecule has 0 heterocycles. The Kier molecular flexibility index (Phi) is 2.41. The van der Waals surface area contributed by atoms with E-state index < -0.39 is 0 Å². The van der Waals surface area contributed by atoms with E-state index in [0.717, 1.165) is 18.4 Å². The molecule has 1 heteroatoms. The second-order valence-electron chi connectivity index (χ2n) is 5.47. The first-order valence-electron chi connectivity index (χ1n) is 5.63. The van der Waals surface area contributed by atoms with Gasteiger partial charge in [0.2, 0.25) is 0 Å². The van der Waals surface area contributed by atoms with E-state index in [-0.39, 0.29) is 5.41 Å². The highest BCUT2D eigenvalue weighted by molar-refractivity contribution is 5.99. The molecule has 1 aromatic rings. The monoisotopic (exact) mass is 202 g/mol. The van der Waals surface area contributed by atoms with Crippen LogP contribution in [0.3, 0.4) is 0 Å². The van der Waals surface area contributed by atoms with E-state index in [0.29, 0.717) is 11.7 Å². The van der Waals surface area contributed by atoms with Gasteiger partial charge in [0.05, 0.1) is 0 Å². The number of benzene rings is 1. The van der Waals surface area contributed by atoms with Crippen molar-refractivity contribution in [2.24, 2.45) is 5.92 Å². The summed E-state index contributed by atoms with van der Waals surface area (Å²) in [5.41, 5.74) is 2.26. The average molecular weight is 202 g/mol. The Hall–Kier alpha value is -1.11. The van der Waals surface area contributed by atoms with Gasteiger partial charge in [0.25, 0.3) is 0 Å². The lowest BCUT2D eigenvalue weighted by atomic mass is 9.85. The van der Waals surface area contributed by atoms with E-state index in [4.69, 9.17) is 0 Å². The molecule has 0 radical (unpaired) electrons. The van der Waals surface area contributed by atoms with Crippen LogP contribution >= 0.6 is 0 Å². The molecule has 0 spiro atoms. The van der Waals surface area contributed by atoms with E-state index in [9.17, 15) is 4.79 Å². The summed E-state index contributed by atoms with van der Waals surface area (Å²) < 4.78 is 0. The van der Waals surface area contributed by atoms with Crippen molar-refractivity contribution in [2.75, 3.05) is 0 Å². The normalized spacial score (nSPS) is 16.5. The highest BCUT2D eigenvalue weighted by Gasteiger charge is 2.30. The first-order chi connectivity index (χ1) is 6.98. The smallest absolute Gasteiger partial charge is 0.165 e. The van der Waals surface area contributed by atoms with Crippen LogP contribution in [0.4, 0.5) is 0 Å². The number of ketones is 1. The van der Waals surface area contributed by atoms with E-state index >= 15 is 0 Å². The molecule has 1 saturated carbocycles. The van der Waals surface area contributed by atoms with Crippen LogP contribution in [-0.4, -0.2) is 5.78 Å². The van der Waals surface area contributed by atoms with Gasteiger partial charge in [-0.3, -0.25) is 4.79 Å². The van der Waals surface area contributed by atoms with Gasteiger partial charge in [-0.1, -0.05) is 39.0 Å². The minimum absolute atomic E-state index is 0.125. The van der Waals surface area contributed by atoms with Crippen molar-refractivity contribution in [3.05, 3.63) is 35.4 Å². The summed E-state index contributed by atoms with van der Waals surface area (Å²) in [6.45, 7) is 6.52. The van der Waals surface area contributed by atoms with Crippen molar-refractivity contribution in [3.63, 3.8) is 0 Å². The Balaban J connectivity index is 2.29. The predicted molar refractivity (Wildman–Crippen MR) is 62.2 cm³/mol. The van der Waals surface area contributed by atoms with Gasteiger partial charge in [0, 0.05) is 11.5 Å². The minimum Gasteiger partial charge on any atom is -0.294 e. The van der Waals surface area contributed by atoms with E-state index in [2.05, 4.69) is 32.9 Å². The topological polar surface area (TPSA) is 17.1 Å². The van der Waals surface area contributed by atoms with Crippen LogP contribution in [0.15, 0.2) is 24.3 Å². The van der Waals surface area contributed by atoms with Gasteiger partial charge in [-0.05, 0) is 29.9 Å². The summed E-state index contributed by atoms with van der Waals surface area (Å²) in [6, 6.07) is 8.09. The number of carbonyl (C=O) groups excluding carboxylic acids is 1. The minimum atomic E-state index is 0.125. The molecule has 2 rings (SSSR count). The van der Waals surface area contributed by atoms with E-state index in [1.54, 1.807) is 0 Å². The number of carbonyl (C=O) groups is 1. The number of Topliss-reactive ketones (excluding diaryl/α,β-unsaturated/α-hetero) is 1. The Morgan fingerprint density at radius 2 is 1.93 bits per heavy atom. The van der Waals surface area contributed by atoms with Gasteiger partial charge >= 0.3 is 0 Å². The highest BCUT2D eigenvalue weighted by Crippen LogP contribution is 2.33. The summed E-state index contributed by atoms with van der Waals surface area (Å²) in [5.74, 6) is 0.654. The summed E-state index contributed by atoms with van der Waals surface area (Å²) in [5, 5.41) is 0. The zero-order valence-corrected chi connectivity index (χ0v) is 9.71. The molecule has 1 aromatic carbocycles. The number of hydrogen-bond acceptors (Lipinski definition) is 1. The molecule has 1 fully saturated rings. The molecule has 0 unspecified atom stereocenters. The van der Waals surface area contributed by atoms with Crippen LogP contribution in [0.2, 0.25) is 0 Å². The van der Waals surface area contributed by atoms with Crippen molar-refractivity contribution < 1.29 is 4.79 Å². The van der Waals surface area contributed by atoms with Crippen molar-refractivity contribution in [3.8, 4) is 0 Å². The molecule has 0 amide bonds. The van der Waals surface area contributed by atoms with Gasteiger partial charge in [-0.2, -0.15) is 0 Å². The standard InChI is InChI=1S/C14H18O/c1-14(2,3)12-6-4-5-11(9-12)13(15)10-7-8-10/h4-6,9-10H,7-8H2,1-3H3. The maximum Gasteiger partial charge on any atom is 0.165 e. The molecular formula is C14H18O. The van der Waals surface area contributed by atoms with E-state index in [1.807, 2.05) is 12.1 Å². The lowest BCUT2D eigenvalue weighted by Crippen LogP contribution is -2.12. The molecule has 1 aliphatic rings. The van der Waals surface area contributed by atoms with Gasteiger partial charge in [0.15, 0.2) is 5.78 Å². The summed E-state index contributed by atoms with van der Waals surface area (Å²) >= 11 is 0. The molecule has 0 N–H and O–H groups in total. The second-order valence-corrected chi connectivity index (χ2v) is 5.47. The van der Waals surface area contributed by atoms with Gasteiger partial charge in [-0.25, -0.2) is 0 Å². The Bertz CT molecular complexity index is 381. The second kappa shape index (κ2) is 3.48.